The third-order valence-corrected chi connectivity index (χ3v) is 3.37. The number of hydrogen-bond donors (Lipinski definition) is 0. The summed E-state index contributed by atoms with van der Waals surface area (Å²) in [6, 6.07) is 4.06. The number of likely N-dealkylation sites (N-methyl/N-ethyl adjacent to an activating group) is 1. The minimum atomic E-state index is -0.171. The Balaban J connectivity index is 2.35. The molecule has 0 saturated carbocycles. The zero-order chi connectivity index (χ0) is 11.3. The summed E-state index contributed by atoms with van der Waals surface area (Å²) in [5.74, 6) is -0.171. The molecule has 1 aromatic rings. The fraction of sp³-hybridized carbons (Fsp3) is 0.500. The summed E-state index contributed by atoms with van der Waals surface area (Å²) in [5, 5.41) is 0. The van der Waals surface area contributed by atoms with Crippen LogP contribution in [0.1, 0.15) is 11.8 Å². The number of nitrogens with zero attached hydrogens (tertiary/aromatic N) is 1. The van der Waals surface area contributed by atoms with Crippen LogP contribution >= 0.6 is 27.3 Å². The lowest BCUT2D eigenvalue weighted by molar-refractivity contribution is -0.144. The molecule has 0 aromatic carbocycles. The van der Waals surface area contributed by atoms with Gasteiger partial charge in [0.05, 0.1) is 16.9 Å². The molecule has 0 aliphatic heterocycles. The highest BCUT2D eigenvalue weighted by atomic mass is 79.9. The van der Waals surface area contributed by atoms with Crippen molar-refractivity contribution in [2.75, 3.05) is 20.2 Å². The van der Waals surface area contributed by atoms with E-state index in [1.54, 1.807) is 11.3 Å². The minimum absolute atomic E-state index is 0.171. The van der Waals surface area contributed by atoms with Gasteiger partial charge >= 0.3 is 5.97 Å². The van der Waals surface area contributed by atoms with Gasteiger partial charge in [-0.1, -0.05) is 0 Å². The number of esters is 1. The van der Waals surface area contributed by atoms with E-state index in [1.165, 1.54) is 4.88 Å². The molecule has 0 N–H and O–H groups in total. The second kappa shape index (κ2) is 6.25. The van der Waals surface area contributed by atoms with E-state index in [4.69, 9.17) is 4.74 Å². The predicted octanol–water partition coefficient (Wildman–Crippen LogP) is 2.51. The van der Waals surface area contributed by atoms with Gasteiger partial charge in [0.1, 0.15) is 0 Å². The molecule has 1 heterocycles. The molecule has 0 bridgehead atoms. The monoisotopic (exact) mass is 291 g/mol. The maximum Gasteiger partial charge on any atom is 0.320 e. The van der Waals surface area contributed by atoms with Crippen LogP contribution < -0.4 is 0 Å². The number of ether oxygens (including phenoxy) is 1. The van der Waals surface area contributed by atoms with Crippen LogP contribution in [0.5, 0.6) is 0 Å². The number of thiophene rings is 1. The molecule has 0 aliphatic carbocycles. The van der Waals surface area contributed by atoms with Gasteiger partial charge in [-0.15, -0.1) is 11.3 Å². The summed E-state index contributed by atoms with van der Waals surface area (Å²) in [7, 11) is 1.91. The first-order chi connectivity index (χ1) is 7.11. The number of hydrogen-bond acceptors (Lipinski definition) is 4. The van der Waals surface area contributed by atoms with Crippen molar-refractivity contribution in [1.29, 1.82) is 0 Å². The molecule has 84 valence electrons. The summed E-state index contributed by atoms with van der Waals surface area (Å²) in [6.45, 7) is 3.37. The van der Waals surface area contributed by atoms with Gasteiger partial charge in [0.25, 0.3) is 0 Å². The topological polar surface area (TPSA) is 29.5 Å². The second-order valence-corrected chi connectivity index (χ2v) is 5.73. The number of halogens is 1. The van der Waals surface area contributed by atoms with E-state index in [9.17, 15) is 4.79 Å². The maximum absolute atomic E-state index is 11.2. The van der Waals surface area contributed by atoms with E-state index in [-0.39, 0.29) is 5.97 Å². The Bertz CT molecular complexity index is 327. The molecule has 1 aromatic heterocycles. The van der Waals surface area contributed by atoms with Crippen LogP contribution in [0.15, 0.2) is 15.9 Å². The van der Waals surface area contributed by atoms with Crippen molar-refractivity contribution in [2.24, 2.45) is 0 Å². The van der Waals surface area contributed by atoms with Crippen molar-refractivity contribution in [3.8, 4) is 0 Å². The van der Waals surface area contributed by atoms with Crippen LogP contribution in [-0.4, -0.2) is 31.1 Å². The molecule has 0 aliphatic rings. The molecule has 15 heavy (non-hydrogen) atoms. The Kier molecular flexibility index (Phi) is 5.28. The molecule has 0 spiro atoms. The molecular weight excluding hydrogens is 278 g/mol. The van der Waals surface area contributed by atoms with E-state index in [2.05, 4.69) is 22.0 Å². The van der Waals surface area contributed by atoms with E-state index < -0.39 is 0 Å². The Hall–Kier alpha value is -0.390. The van der Waals surface area contributed by atoms with Gasteiger partial charge in [-0.3, -0.25) is 9.69 Å². The van der Waals surface area contributed by atoms with Gasteiger partial charge in [-0.25, -0.2) is 0 Å². The van der Waals surface area contributed by atoms with Crippen LogP contribution in [-0.2, 0) is 16.1 Å². The average Bonchev–Trinajstić information content (AvgIpc) is 2.51. The van der Waals surface area contributed by atoms with E-state index in [0.29, 0.717) is 13.2 Å². The van der Waals surface area contributed by atoms with Gasteiger partial charge in [0.2, 0.25) is 0 Å². The van der Waals surface area contributed by atoms with Crippen molar-refractivity contribution in [1.82, 2.24) is 4.90 Å². The lowest BCUT2D eigenvalue weighted by atomic mass is 10.4. The summed E-state index contributed by atoms with van der Waals surface area (Å²) in [4.78, 5) is 14.4. The van der Waals surface area contributed by atoms with Gasteiger partial charge in [0, 0.05) is 11.4 Å². The molecule has 0 amide bonds. The first-order valence-corrected chi connectivity index (χ1v) is 6.31. The molecule has 0 atom stereocenters. The van der Waals surface area contributed by atoms with Gasteiger partial charge in [0.15, 0.2) is 0 Å². The fourth-order valence-electron chi connectivity index (χ4n) is 1.19. The lowest BCUT2D eigenvalue weighted by Crippen LogP contribution is -2.26. The van der Waals surface area contributed by atoms with Crippen LogP contribution in [0.25, 0.3) is 0 Å². The largest absolute Gasteiger partial charge is 0.465 e. The summed E-state index contributed by atoms with van der Waals surface area (Å²) in [6.07, 6.45) is 0. The van der Waals surface area contributed by atoms with E-state index in [1.807, 2.05) is 24.9 Å². The summed E-state index contributed by atoms with van der Waals surface area (Å²) in [5.41, 5.74) is 0. The number of carbonyl (C=O) groups excluding carboxylic acids is 1. The van der Waals surface area contributed by atoms with Crippen molar-refractivity contribution in [2.45, 2.75) is 13.5 Å². The van der Waals surface area contributed by atoms with Crippen molar-refractivity contribution in [3.63, 3.8) is 0 Å². The van der Waals surface area contributed by atoms with Gasteiger partial charge in [-0.05, 0) is 42.0 Å². The fourth-order valence-corrected chi connectivity index (χ4v) is 2.75. The van der Waals surface area contributed by atoms with Crippen LogP contribution in [0, 0.1) is 0 Å². The highest BCUT2D eigenvalue weighted by molar-refractivity contribution is 9.11. The Morgan fingerprint density at radius 3 is 2.87 bits per heavy atom. The third-order valence-electron chi connectivity index (χ3n) is 1.76. The highest BCUT2D eigenvalue weighted by Crippen LogP contribution is 2.22. The second-order valence-electron chi connectivity index (χ2n) is 3.18. The summed E-state index contributed by atoms with van der Waals surface area (Å²) < 4.78 is 5.98. The Morgan fingerprint density at radius 1 is 1.60 bits per heavy atom. The van der Waals surface area contributed by atoms with Crippen molar-refractivity contribution in [3.05, 3.63) is 20.8 Å². The normalized spacial score (nSPS) is 10.7. The van der Waals surface area contributed by atoms with Gasteiger partial charge < -0.3 is 4.74 Å². The first kappa shape index (κ1) is 12.7. The number of carbonyl (C=O) groups is 1. The van der Waals surface area contributed by atoms with E-state index in [0.717, 1.165) is 10.3 Å². The predicted molar refractivity (Wildman–Crippen MR) is 65.0 cm³/mol. The first-order valence-electron chi connectivity index (χ1n) is 4.70. The van der Waals surface area contributed by atoms with Gasteiger partial charge in [-0.2, -0.15) is 0 Å². The molecule has 1 rings (SSSR count). The lowest BCUT2D eigenvalue weighted by Gasteiger charge is -2.13. The smallest absolute Gasteiger partial charge is 0.320 e. The molecule has 0 unspecified atom stereocenters. The standard InChI is InChI=1S/C10H14BrNO2S/c1-3-14-10(13)7-12(2)6-8-4-5-9(11)15-8/h4-5H,3,6-7H2,1-2H3. The molecule has 0 saturated heterocycles. The average molecular weight is 292 g/mol. The molecular formula is C10H14BrNO2S. The highest BCUT2D eigenvalue weighted by Gasteiger charge is 2.08. The van der Waals surface area contributed by atoms with Crippen molar-refractivity contribution < 1.29 is 9.53 Å². The van der Waals surface area contributed by atoms with E-state index >= 15 is 0 Å². The molecule has 5 heteroatoms. The Labute approximate surface area is 102 Å². The van der Waals surface area contributed by atoms with Crippen LogP contribution in [0.3, 0.4) is 0 Å². The third kappa shape index (κ3) is 4.77. The molecule has 0 fully saturated rings. The van der Waals surface area contributed by atoms with Crippen LogP contribution in [0.2, 0.25) is 0 Å². The maximum atomic E-state index is 11.2. The summed E-state index contributed by atoms with van der Waals surface area (Å²) >= 11 is 5.09. The minimum Gasteiger partial charge on any atom is -0.465 e. The van der Waals surface area contributed by atoms with Crippen LogP contribution in [0.4, 0.5) is 0 Å². The molecule has 3 nitrogen and oxygen atoms in total. The number of rotatable bonds is 5. The molecule has 0 radical (unpaired) electrons. The quantitative estimate of drug-likeness (QED) is 0.781. The SMILES string of the molecule is CCOC(=O)CN(C)Cc1ccc(Br)s1. The van der Waals surface area contributed by atoms with Crippen molar-refractivity contribution >= 4 is 33.2 Å². The zero-order valence-electron chi connectivity index (χ0n) is 8.83. The Morgan fingerprint density at radius 2 is 2.33 bits per heavy atom. The zero-order valence-corrected chi connectivity index (χ0v) is 11.2.